The second-order valence-corrected chi connectivity index (χ2v) is 5.52. The summed E-state index contributed by atoms with van der Waals surface area (Å²) in [6.45, 7) is 2.78. The van der Waals surface area contributed by atoms with Gasteiger partial charge in [0, 0.05) is 24.5 Å². The smallest absolute Gasteiger partial charge is 0.147 e. The van der Waals surface area contributed by atoms with Gasteiger partial charge in [-0.1, -0.05) is 23.7 Å². The predicted molar refractivity (Wildman–Crippen MR) is 75.0 cm³/mol. The minimum atomic E-state index is 0.779. The molecule has 3 rings (SSSR count). The van der Waals surface area contributed by atoms with E-state index < -0.39 is 0 Å². The summed E-state index contributed by atoms with van der Waals surface area (Å²) in [7, 11) is 2.10. The zero-order valence-electron chi connectivity index (χ0n) is 11.0. The van der Waals surface area contributed by atoms with E-state index in [4.69, 9.17) is 11.6 Å². The van der Waals surface area contributed by atoms with Gasteiger partial charge in [0.05, 0.1) is 6.54 Å². The fourth-order valence-electron chi connectivity index (χ4n) is 2.53. The van der Waals surface area contributed by atoms with Crippen LogP contribution >= 0.6 is 11.6 Å². The van der Waals surface area contributed by atoms with Crippen LogP contribution in [0, 0.1) is 0 Å². The molecule has 0 bridgehead atoms. The number of benzene rings is 1. The van der Waals surface area contributed by atoms with Crippen molar-refractivity contribution in [2.75, 3.05) is 7.05 Å². The minimum absolute atomic E-state index is 0.779. The molecule has 0 atom stereocenters. The molecule has 0 N–H and O–H groups in total. The minimum Gasteiger partial charge on any atom is -0.314 e. The van der Waals surface area contributed by atoms with Gasteiger partial charge in [-0.25, -0.2) is 0 Å². The van der Waals surface area contributed by atoms with Crippen molar-refractivity contribution in [1.82, 2.24) is 19.7 Å². The van der Waals surface area contributed by atoms with E-state index in [1.165, 1.54) is 12.0 Å². The first-order valence-corrected chi connectivity index (χ1v) is 6.94. The molecule has 1 aromatic carbocycles. The normalized spacial score (nSPS) is 14.1. The van der Waals surface area contributed by atoms with E-state index in [1.807, 2.05) is 12.1 Å². The van der Waals surface area contributed by atoms with E-state index in [1.54, 1.807) is 0 Å². The van der Waals surface area contributed by atoms with Gasteiger partial charge < -0.3 is 4.57 Å². The molecule has 100 valence electrons. The monoisotopic (exact) mass is 276 g/mol. The lowest BCUT2D eigenvalue weighted by molar-refractivity contribution is 0.305. The standard InChI is InChI=1S/C14H17ClN4/c1-18(9-11-4-6-12(15)7-5-11)10-14-17-16-13-3-2-8-19(13)14/h4-7H,2-3,8-10H2,1H3. The molecule has 0 unspecified atom stereocenters. The Bertz CT molecular complexity index is 561. The number of rotatable bonds is 4. The summed E-state index contributed by atoms with van der Waals surface area (Å²) in [4.78, 5) is 2.25. The molecule has 0 amide bonds. The van der Waals surface area contributed by atoms with Crippen LogP contribution in [0.1, 0.15) is 23.6 Å². The van der Waals surface area contributed by atoms with Gasteiger partial charge in [-0.05, 0) is 31.2 Å². The molecule has 0 saturated carbocycles. The average Bonchev–Trinajstić information content (AvgIpc) is 2.97. The van der Waals surface area contributed by atoms with Crippen molar-refractivity contribution in [2.45, 2.75) is 32.5 Å². The highest BCUT2D eigenvalue weighted by atomic mass is 35.5. The molecule has 0 aliphatic carbocycles. The molecule has 4 nitrogen and oxygen atoms in total. The van der Waals surface area contributed by atoms with Crippen LogP contribution in [0.4, 0.5) is 0 Å². The number of aryl methyl sites for hydroxylation is 1. The maximum Gasteiger partial charge on any atom is 0.147 e. The molecule has 0 fully saturated rings. The van der Waals surface area contributed by atoms with E-state index in [0.29, 0.717) is 0 Å². The molecule has 0 spiro atoms. The summed E-state index contributed by atoms with van der Waals surface area (Å²) >= 11 is 5.89. The van der Waals surface area contributed by atoms with Gasteiger partial charge in [-0.2, -0.15) is 0 Å². The Hall–Kier alpha value is -1.39. The van der Waals surface area contributed by atoms with Crippen LogP contribution < -0.4 is 0 Å². The number of aromatic nitrogens is 3. The highest BCUT2D eigenvalue weighted by Crippen LogP contribution is 2.16. The molecule has 1 aliphatic heterocycles. The van der Waals surface area contributed by atoms with Crippen molar-refractivity contribution in [2.24, 2.45) is 0 Å². The third-order valence-corrected chi connectivity index (χ3v) is 3.72. The van der Waals surface area contributed by atoms with Crippen molar-refractivity contribution in [3.8, 4) is 0 Å². The first kappa shape index (κ1) is 12.6. The van der Waals surface area contributed by atoms with Gasteiger partial charge in [0.1, 0.15) is 11.6 Å². The van der Waals surface area contributed by atoms with E-state index in [0.717, 1.165) is 42.7 Å². The van der Waals surface area contributed by atoms with Gasteiger partial charge in [0.25, 0.3) is 0 Å². The van der Waals surface area contributed by atoms with Crippen molar-refractivity contribution >= 4 is 11.6 Å². The lowest BCUT2D eigenvalue weighted by Crippen LogP contribution is -2.20. The van der Waals surface area contributed by atoms with Crippen LogP contribution in [0.3, 0.4) is 0 Å². The molecular weight excluding hydrogens is 260 g/mol. The molecule has 1 aromatic heterocycles. The quantitative estimate of drug-likeness (QED) is 0.860. The van der Waals surface area contributed by atoms with Gasteiger partial charge in [-0.15, -0.1) is 10.2 Å². The number of hydrogen-bond donors (Lipinski definition) is 0. The molecule has 2 heterocycles. The summed E-state index contributed by atoms with van der Waals surface area (Å²) in [5, 5.41) is 9.30. The second-order valence-electron chi connectivity index (χ2n) is 5.09. The highest BCUT2D eigenvalue weighted by Gasteiger charge is 2.17. The number of fused-ring (bicyclic) bond motifs is 1. The maximum atomic E-state index is 5.89. The van der Waals surface area contributed by atoms with Crippen molar-refractivity contribution in [3.63, 3.8) is 0 Å². The summed E-state index contributed by atoms with van der Waals surface area (Å²) in [6, 6.07) is 7.99. The van der Waals surface area contributed by atoms with Crippen LogP contribution in [0.15, 0.2) is 24.3 Å². The summed E-state index contributed by atoms with van der Waals surface area (Å²) in [6.07, 6.45) is 2.26. The van der Waals surface area contributed by atoms with E-state index in [9.17, 15) is 0 Å². The summed E-state index contributed by atoms with van der Waals surface area (Å²) < 4.78 is 2.25. The first-order valence-electron chi connectivity index (χ1n) is 6.56. The average molecular weight is 277 g/mol. The van der Waals surface area contributed by atoms with E-state index >= 15 is 0 Å². The van der Waals surface area contributed by atoms with E-state index in [-0.39, 0.29) is 0 Å². The van der Waals surface area contributed by atoms with Crippen LogP contribution in [-0.2, 0) is 26.1 Å². The number of nitrogens with zero attached hydrogens (tertiary/aromatic N) is 4. The van der Waals surface area contributed by atoms with Gasteiger partial charge in [0.15, 0.2) is 0 Å². The zero-order valence-corrected chi connectivity index (χ0v) is 11.8. The van der Waals surface area contributed by atoms with Crippen LogP contribution in [-0.4, -0.2) is 26.7 Å². The predicted octanol–water partition coefficient (Wildman–Crippen LogP) is 2.51. The van der Waals surface area contributed by atoms with E-state index in [2.05, 4.69) is 38.8 Å². The highest BCUT2D eigenvalue weighted by molar-refractivity contribution is 6.30. The van der Waals surface area contributed by atoms with Crippen LogP contribution in [0.5, 0.6) is 0 Å². The Kier molecular flexibility index (Phi) is 3.53. The number of halogens is 1. The molecule has 0 saturated heterocycles. The van der Waals surface area contributed by atoms with Crippen molar-refractivity contribution in [3.05, 3.63) is 46.5 Å². The molecule has 1 aliphatic rings. The Morgan fingerprint density at radius 3 is 2.79 bits per heavy atom. The molecule has 2 aromatic rings. The molecule has 0 radical (unpaired) electrons. The fraction of sp³-hybridized carbons (Fsp3) is 0.429. The zero-order chi connectivity index (χ0) is 13.2. The largest absolute Gasteiger partial charge is 0.314 e. The summed E-state index contributed by atoms with van der Waals surface area (Å²) in [5.74, 6) is 2.21. The fourth-order valence-corrected chi connectivity index (χ4v) is 2.65. The Morgan fingerprint density at radius 1 is 1.21 bits per heavy atom. The Balaban J connectivity index is 1.64. The first-order chi connectivity index (χ1) is 9.22. The van der Waals surface area contributed by atoms with Crippen molar-refractivity contribution < 1.29 is 0 Å². The SMILES string of the molecule is CN(Cc1ccc(Cl)cc1)Cc1nnc2n1CCC2. The van der Waals surface area contributed by atoms with Crippen molar-refractivity contribution in [1.29, 1.82) is 0 Å². The van der Waals surface area contributed by atoms with Gasteiger partial charge in [0.2, 0.25) is 0 Å². The summed E-state index contributed by atoms with van der Waals surface area (Å²) in [5.41, 5.74) is 1.26. The third-order valence-electron chi connectivity index (χ3n) is 3.46. The van der Waals surface area contributed by atoms with Gasteiger partial charge >= 0.3 is 0 Å². The molecular formula is C14H17ClN4. The second kappa shape index (κ2) is 5.31. The topological polar surface area (TPSA) is 34.0 Å². The Labute approximate surface area is 118 Å². The van der Waals surface area contributed by atoms with Crippen LogP contribution in [0.25, 0.3) is 0 Å². The molecule has 5 heteroatoms. The molecule has 19 heavy (non-hydrogen) atoms. The maximum absolute atomic E-state index is 5.89. The lowest BCUT2D eigenvalue weighted by atomic mass is 10.2. The van der Waals surface area contributed by atoms with Crippen LogP contribution in [0.2, 0.25) is 5.02 Å². The van der Waals surface area contributed by atoms with Gasteiger partial charge in [-0.3, -0.25) is 4.90 Å². The lowest BCUT2D eigenvalue weighted by Gasteiger charge is -2.16. The Morgan fingerprint density at radius 2 is 2.00 bits per heavy atom. The number of hydrogen-bond acceptors (Lipinski definition) is 3. The third kappa shape index (κ3) is 2.80.